The topological polar surface area (TPSA) is 78.6 Å². The number of primary amides is 1. The first-order valence-corrected chi connectivity index (χ1v) is 5.30. The lowest BCUT2D eigenvalue weighted by Crippen LogP contribution is -2.21. The van der Waals surface area contributed by atoms with Crippen molar-refractivity contribution in [3.8, 4) is 5.75 Å². The molecule has 5 nitrogen and oxygen atoms in total. The van der Waals surface area contributed by atoms with E-state index >= 15 is 0 Å². The molecule has 0 radical (unpaired) electrons. The highest BCUT2D eigenvalue weighted by molar-refractivity contribution is 5.78. The van der Waals surface area contributed by atoms with Gasteiger partial charge in [-0.2, -0.15) is 0 Å². The third-order valence-electron chi connectivity index (χ3n) is 1.91. The van der Waals surface area contributed by atoms with Gasteiger partial charge in [0, 0.05) is 6.42 Å². The number of benzene rings is 1. The van der Waals surface area contributed by atoms with Crippen LogP contribution in [0.5, 0.6) is 5.75 Å². The van der Waals surface area contributed by atoms with E-state index in [0.29, 0.717) is 13.0 Å². The van der Waals surface area contributed by atoms with Gasteiger partial charge in [0.15, 0.2) is 6.61 Å². The summed E-state index contributed by atoms with van der Waals surface area (Å²) >= 11 is 0. The molecule has 0 atom stereocenters. The number of ether oxygens (including phenoxy) is 2. The lowest BCUT2D eigenvalue weighted by molar-refractivity contribution is -0.147. The van der Waals surface area contributed by atoms with Gasteiger partial charge in [0.1, 0.15) is 5.75 Å². The molecule has 17 heavy (non-hydrogen) atoms. The Morgan fingerprint density at radius 2 is 1.88 bits per heavy atom. The van der Waals surface area contributed by atoms with E-state index in [2.05, 4.69) is 4.74 Å². The van der Waals surface area contributed by atoms with Gasteiger partial charge in [-0.05, 0) is 18.6 Å². The Kier molecular flexibility index (Phi) is 5.57. The summed E-state index contributed by atoms with van der Waals surface area (Å²) in [6.07, 6.45) is 0.743. The Balaban J connectivity index is 2.08. The molecule has 0 saturated heterocycles. The number of amides is 1. The van der Waals surface area contributed by atoms with Crippen LogP contribution in [-0.2, 0) is 14.3 Å². The van der Waals surface area contributed by atoms with Gasteiger partial charge in [-0.25, -0.2) is 0 Å². The smallest absolute Gasteiger partial charge is 0.306 e. The third-order valence-corrected chi connectivity index (χ3v) is 1.91. The van der Waals surface area contributed by atoms with Crippen molar-refractivity contribution in [3.63, 3.8) is 0 Å². The normalized spacial score (nSPS) is 9.65. The third kappa shape index (κ3) is 6.19. The zero-order valence-corrected chi connectivity index (χ0v) is 9.43. The second kappa shape index (κ2) is 7.27. The van der Waals surface area contributed by atoms with Gasteiger partial charge < -0.3 is 15.2 Å². The summed E-state index contributed by atoms with van der Waals surface area (Å²) in [5.41, 5.74) is 4.83. The summed E-state index contributed by atoms with van der Waals surface area (Å²) in [5, 5.41) is 0. The second-order valence-corrected chi connectivity index (χ2v) is 3.39. The van der Waals surface area contributed by atoms with Gasteiger partial charge in [0.2, 0.25) is 0 Å². The van der Waals surface area contributed by atoms with Gasteiger partial charge in [-0.3, -0.25) is 9.59 Å². The molecule has 1 rings (SSSR count). The number of esters is 1. The average molecular weight is 237 g/mol. The summed E-state index contributed by atoms with van der Waals surface area (Å²) in [7, 11) is 0. The zero-order chi connectivity index (χ0) is 12.5. The summed E-state index contributed by atoms with van der Waals surface area (Å²) in [4.78, 5) is 21.4. The van der Waals surface area contributed by atoms with E-state index < -0.39 is 11.9 Å². The quantitative estimate of drug-likeness (QED) is 0.564. The first-order valence-electron chi connectivity index (χ1n) is 5.30. The van der Waals surface area contributed by atoms with E-state index in [9.17, 15) is 9.59 Å². The fraction of sp³-hybridized carbons (Fsp3) is 0.333. The van der Waals surface area contributed by atoms with Crippen molar-refractivity contribution in [1.82, 2.24) is 0 Å². The fourth-order valence-corrected chi connectivity index (χ4v) is 1.15. The molecule has 92 valence electrons. The molecule has 0 aliphatic carbocycles. The summed E-state index contributed by atoms with van der Waals surface area (Å²) < 4.78 is 9.97. The summed E-state index contributed by atoms with van der Waals surface area (Å²) in [6.45, 7) is 0.0636. The molecular weight excluding hydrogens is 222 g/mol. The van der Waals surface area contributed by atoms with Gasteiger partial charge >= 0.3 is 5.97 Å². The van der Waals surface area contributed by atoms with Crippen molar-refractivity contribution in [1.29, 1.82) is 0 Å². The van der Waals surface area contributed by atoms with E-state index in [1.165, 1.54) is 0 Å². The number of para-hydroxylation sites is 1. The number of hydrogen-bond acceptors (Lipinski definition) is 4. The van der Waals surface area contributed by atoms with Crippen LogP contribution in [0.15, 0.2) is 30.3 Å². The lowest BCUT2D eigenvalue weighted by atomic mass is 10.3. The van der Waals surface area contributed by atoms with Gasteiger partial charge in [-0.1, -0.05) is 18.2 Å². The van der Waals surface area contributed by atoms with Crippen LogP contribution >= 0.6 is 0 Å². The first-order chi connectivity index (χ1) is 8.18. The highest BCUT2D eigenvalue weighted by Gasteiger charge is 2.04. The molecule has 0 aliphatic rings. The molecule has 1 aromatic rings. The highest BCUT2D eigenvalue weighted by atomic mass is 16.5. The number of carbonyl (C=O) groups is 2. The first kappa shape index (κ1) is 13.0. The molecule has 0 aromatic heterocycles. The molecular formula is C12H15NO4. The van der Waals surface area contributed by atoms with Crippen LogP contribution < -0.4 is 10.5 Å². The van der Waals surface area contributed by atoms with Gasteiger partial charge in [0.05, 0.1) is 6.61 Å². The predicted octanol–water partition coefficient (Wildman–Crippen LogP) is 0.874. The summed E-state index contributed by atoms with van der Waals surface area (Å²) in [6, 6.07) is 9.32. The van der Waals surface area contributed by atoms with Crippen molar-refractivity contribution in [3.05, 3.63) is 30.3 Å². The number of rotatable bonds is 7. The number of carbonyl (C=O) groups excluding carboxylic acids is 2. The highest BCUT2D eigenvalue weighted by Crippen LogP contribution is 2.08. The molecule has 2 N–H and O–H groups in total. The molecule has 1 aromatic carbocycles. The molecule has 0 aliphatic heterocycles. The number of nitrogens with two attached hydrogens (primary N) is 1. The average Bonchev–Trinajstić information content (AvgIpc) is 2.33. The number of hydrogen-bond donors (Lipinski definition) is 1. The van der Waals surface area contributed by atoms with Crippen LogP contribution in [0.1, 0.15) is 12.8 Å². The fourth-order valence-electron chi connectivity index (χ4n) is 1.15. The second-order valence-electron chi connectivity index (χ2n) is 3.39. The van der Waals surface area contributed by atoms with Crippen LogP contribution in [0.4, 0.5) is 0 Å². The molecule has 1 amide bonds. The van der Waals surface area contributed by atoms with Crippen molar-refractivity contribution >= 4 is 11.9 Å². The van der Waals surface area contributed by atoms with Crippen molar-refractivity contribution < 1.29 is 19.1 Å². The molecule has 0 unspecified atom stereocenters. The Bertz CT molecular complexity index is 364. The van der Waals surface area contributed by atoms with Crippen molar-refractivity contribution in [2.75, 3.05) is 13.2 Å². The lowest BCUT2D eigenvalue weighted by Gasteiger charge is -2.05. The van der Waals surface area contributed by atoms with E-state index in [-0.39, 0.29) is 13.0 Å². The molecule has 0 saturated carbocycles. The maximum absolute atomic E-state index is 11.1. The molecule has 0 fully saturated rings. The van der Waals surface area contributed by atoms with Gasteiger partial charge in [0.25, 0.3) is 5.91 Å². The summed E-state index contributed by atoms with van der Waals surface area (Å²) in [5.74, 6) is -0.336. The SMILES string of the molecule is NC(=O)COC(=O)CCCOc1ccccc1. The Labute approximate surface area is 99.5 Å². The molecule has 0 heterocycles. The largest absolute Gasteiger partial charge is 0.494 e. The minimum absolute atomic E-state index is 0.208. The maximum Gasteiger partial charge on any atom is 0.306 e. The Morgan fingerprint density at radius 1 is 1.18 bits per heavy atom. The van der Waals surface area contributed by atoms with Crippen molar-refractivity contribution in [2.45, 2.75) is 12.8 Å². The standard InChI is InChI=1S/C12H15NO4/c13-11(14)9-17-12(15)7-4-8-16-10-5-2-1-3-6-10/h1-3,5-6H,4,7-9H2,(H2,13,14). The van der Waals surface area contributed by atoms with Crippen LogP contribution in [0, 0.1) is 0 Å². The Hall–Kier alpha value is -2.04. The Morgan fingerprint density at radius 3 is 2.53 bits per heavy atom. The predicted molar refractivity (Wildman–Crippen MR) is 61.3 cm³/mol. The van der Waals surface area contributed by atoms with Crippen LogP contribution in [0.25, 0.3) is 0 Å². The molecule has 0 spiro atoms. The van der Waals surface area contributed by atoms with Crippen LogP contribution in [0.3, 0.4) is 0 Å². The van der Waals surface area contributed by atoms with E-state index in [4.69, 9.17) is 10.5 Å². The van der Waals surface area contributed by atoms with Gasteiger partial charge in [-0.15, -0.1) is 0 Å². The maximum atomic E-state index is 11.1. The molecule has 0 bridgehead atoms. The van der Waals surface area contributed by atoms with E-state index in [0.717, 1.165) is 5.75 Å². The zero-order valence-electron chi connectivity index (χ0n) is 9.43. The van der Waals surface area contributed by atoms with Crippen LogP contribution in [0.2, 0.25) is 0 Å². The van der Waals surface area contributed by atoms with E-state index in [1.54, 1.807) is 0 Å². The molecule has 5 heteroatoms. The van der Waals surface area contributed by atoms with Crippen molar-refractivity contribution in [2.24, 2.45) is 5.73 Å². The van der Waals surface area contributed by atoms with Crippen LogP contribution in [-0.4, -0.2) is 25.1 Å². The monoisotopic (exact) mass is 237 g/mol. The minimum Gasteiger partial charge on any atom is -0.494 e. The minimum atomic E-state index is -0.654. The van der Waals surface area contributed by atoms with E-state index in [1.807, 2.05) is 30.3 Å².